The van der Waals surface area contributed by atoms with Gasteiger partial charge < -0.3 is 30.5 Å². The van der Waals surface area contributed by atoms with Crippen LogP contribution in [0, 0.1) is 11.8 Å². The number of nitrogens with one attached hydrogen (secondary N) is 1. The van der Waals surface area contributed by atoms with Crippen molar-refractivity contribution in [3.05, 3.63) is 34.9 Å². The van der Waals surface area contributed by atoms with Gasteiger partial charge in [-0.25, -0.2) is 4.79 Å². The molecule has 0 aromatic heterocycles. The van der Waals surface area contributed by atoms with Crippen molar-refractivity contribution >= 4 is 17.6 Å². The van der Waals surface area contributed by atoms with Gasteiger partial charge in [-0.15, -0.1) is 0 Å². The molecule has 3 rings (SSSR count). The Balaban J connectivity index is 1.59. The van der Waals surface area contributed by atoms with Crippen molar-refractivity contribution in [3.8, 4) is 0 Å². The summed E-state index contributed by atoms with van der Waals surface area (Å²) in [6, 6.07) is 7.34. The van der Waals surface area contributed by atoms with Gasteiger partial charge in [-0.3, -0.25) is 0 Å². The molecule has 4 N–H and O–H groups in total. The fourth-order valence-electron chi connectivity index (χ4n) is 5.36. The number of aliphatic hydroxyl groups is 1. The Bertz CT molecular complexity index is 761. The van der Waals surface area contributed by atoms with E-state index in [1.54, 1.807) is 7.11 Å². The van der Waals surface area contributed by atoms with Crippen molar-refractivity contribution in [2.75, 3.05) is 46.6 Å². The van der Waals surface area contributed by atoms with E-state index in [1.165, 1.54) is 0 Å². The molecule has 7 nitrogen and oxygen atoms in total. The molecule has 3 atom stereocenters. The van der Waals surface area contributed by atoms with Crippen LogP contribution >= 0.6 is 11.6 Å². The number of likely N-dealkylation sites (tertiary alicyclic amines) is 1. The Hall–Kier alpha value is -1.38. The predicted molar refractivity (Wildman–Crippen MR) is 135 cm³/mol. The zero-order valence-corrected chi connectivity index (χ0v) is 21.3. The molecular formula is C26H42ClN3O4. The van der Waals surface area contributed by atoms with E-state index in [2.05, 4.69) is 5.32 Å². The number of nitrogens with two attached hydrogens (primary N) is 1. The first-order valence-electron chi connectivity index (χ1n) is 12.8. The number of methoxy groups -OCH3 is 1. The van der Waals surface area contributed by atoms with Gasteiger partial charge in [-0.2, -0.15) is 0 Å². The Morgan fingerprint density at radius 1 is 1.35 bits per heavy atom. The summed E-state index contributed by atoms with van der Waals surface area (Å²) in [6.45, 7) is 3.94. The SMILES string of the molecule is COCCCCC(O)(c1cccc(Cl)c1)C1CCCN(C(=O)NCC(N)CC2CCOCC2)C1. The van der Waals surface area contributed by atoms with E-state index in [9.17, 15) is 9.90 Å². The molecule has 1 aromatic carbocycles. The number of rotatable bonds is 11. The topological polar surface area (TPSA) is 97.1 Å². The normalized spacial score (nSPS) is 22.2. The highest BCUT2D eigenvalue weighted by atomic mass is 35.5. The Kier molecular flexibility index (Phi) is 10.9. The maximum Gasteiger partial charge on any atom is 0.317 e. The standard InChI is InChI=1S/C26H42ClN3O4/c1-33-13-3-2-11-26(32,21-6-4-8-23(27)17-21)22-7-5-12-30(19-22)25(31)29-18-24(28)16-20-9-14-34-15-10-20/h4,6,8,17,20,22,24,32H,2-3,5,7,9-16,18-19,28H2,1H3,(H,29,31). The first-order valence-corrected chi connectivity index (χ1v) is 13.1. The van der Waals surface area contributed by atoms with E-state index in [1.807, 2.05) is 29.2 Å². The van der Waals surface area contributed by atoms with Gasteiger partial charge in [0, 0.05) is 63.5 Å². The average Bonchev–Trinajstić information content (AvgIpc) is 2.86. The number of benzene rings is 1. The third kappa shape index (κ3) is 7.82. The summed E-state index contributed by atoms with van der Waals surface area (Å²) in [5.74, 6) is 0.509. The minimum atomic E-state index is -1.04. The summed E-state index contributed by atoms with van der Waals surface area (Å²) in [6.07, 6.45) is 7.02. The molecule has 0 bridgehead atoms. The lowest BCUT2D eigenvalue weighted by Crippen LogP contribution is -2.52. The Morgan fingerprint density at radius 2 is 2.15 bits per heavy atom. The number of nitrogens with zero attached hydrogens (tertiary/aromatic N) is 1. The minimum absolute atomic E-state index is 0.0585. The summed E-state index contributed by atoms with van der Waals surface area (Å²) in [5.41, 5.74) is 6.09. The van der Waals surface area contributed by atoms with E-state index in [-0.39, 0.29) is 18.0 Å². The molecule has 2 fully saturated rings. The maximum atomic E-state index is 13.0. The molecule has 1 aromatic rings. The second-order valence-corrected chi connectivity index (χ2v) is 10.3. The third-order valence-corrected chi connectivity index (χ3v) is 7.59. The molecule has 2 amide bonds. The molecule has 192 valence electrons. The highest BCUT2D eigenvalue weighted by Crippen LogP contribution is 2.40. The number of hydrogen-bond acceptors (Lipinski definition) is 5. The first kappa shape index (κ1) is 27.2. The highest BCUT2D eigenvalue weighted by molar-refractivity contribution is 6.30. The van der Waals surface area contributed by atoms with E-state index in [0.717, 1.165) is 63.7 Å². The van der Waals surface area contributed by atoms with Gasteiger partial charge in [0.15, 0.2) is 0 Å². The lowest BCUT2D eigenvalue weighted by molar-refractivity contribution is -0.0563. The van der Waals surface area contributed by atoms with Crippen molar-refractivity contribution in [2.24, 2.45) is 17.6 Å². The quantitative estimate of drug-likeness (QED) is 0.404. The molecule has 0 spiro atoms. The molecule has 2 heterocycles. The van der Waals surface area contributed by atoms with Gasteiger partial charge in [-0.1, -0.05) is 23.7 Å². The highest BCUT2D eigenvalue weighted by Gasteiger charge is 2.41. The summed E-state index contributed by atoms with van der Waals surface area (Å²) in [4.78, 5) is 14.8. The summed E-state index contributed by atoms with van der Waals surface area (Å²) in [5, 5.41) is 15.6. The number of amides is 2. The van der Waals surface area contributed by atoms with E-state index < -0.39 is 5.60 Å². The van der Waals surface area contributed by atoms with E-state index in [4.69, 9.17) is 26.8 Å². The zero-order valence-electron chi connectivity index (χ0n) is 20.5. The molecule has 3 unspecified atom stereocenters. The van der Waals surface area contributed by atoms with Crippen LogP contribution in [0.4, 0.5) is 4.79 Å². The van der Waals surface area contributed by atoms with Crippen LogP contribution in [0.2, 0.25) is 5.02 Å². The number of urea groups is 1. The zero-order chi connectivity index (χ0) is 24.4. The number of halogens is 1. The monoisotopic (exact) mass is 495 g/mol. The van der Waals surface area contributed by atoms with Crippen LogP contribution in [0.5, 0.6) is 0 Å². The molecule has 8 heteroatoms. The first-order chi connectivity index (χ1) is 16.4. The van der Waals surface area contributed by atoms with Gasteiger partial charge in [0.05, 0.1) is 5.60 Å². The average molecular weight is 496 g/mol. The summed E-state index contributed by atoms with van der Waals surface area (Å²) in [7, 11) is 1.69. The fraction of sp³-hybridized carbons (Fsp3) is 0.731. The van der Waals surface area contributed by atoms with Crippen LogP contribution in [0.25, 0.3) is 0 Å². The van der Waals surface area contributed by atoms with Crippen LogP contribution in [-0.2, 0) is 15.1 Å². The van der Waals surface area contributed by atoms with Gasteiger partial charge in [0.1, 0.15) is 0 Å². The molecular weight excluding hydrogens is 454 g/mol. The van der Waals surface area contributed by atoms with Gasteiger partial charge >= 0.3 is 6.03 Å². The van der Waals surface area contributed by atoms with Crippen LogP contribution in [0.15, 0.2) is 24.3 Å². The van der Waals surface area contributed by atoms with Crippen molar-refractivity contribution in [3.63, 3.8) is 0 Å². The lowest BCUT2D eigenvalue weighted by Gasteiger charge is -2.43. The fourth-order valence-corrected chi connectivity index (χ4v) is 5.55. The molecule has 0 aliphatic carbocycles. The second kappa shape index (κ2) is 13.6. The number of carbonyl (C=O) groups excluding carboxylic acids is 1. The predicted octanol–water partition coefficient (Wildman–Crippen LogP) is 3.91. The van der Waals surface area contributed by atoms with Crippen molar-refractivity contribution < 1.29 is 19.4 Å². The van der Waals surface area contributed by atoms with Crippen LogP contribution < -0.4 is 11.1 Å². The Morgan fingerprint density at radius 3 is 2.88 bits per heavy atom. The van der Waals surface area contributed by atoms with E-state index >= 15 is 0 Å². The molecule has 0 radical (unpaired) electrons. The number of hydrogen-bond donors (Lipinski definition) is 3. The summed E-state index contributed by atoms with van der Waals surface area (Å²) < 4.78 is 10.6. The molecule has 2 aliphatic rings. The minimum Gasteiger partial charge on any atom is -0.385 e. The van der Waals surface area contributed by atoms with Crippen molar-refractivity contribution in [2.45, 2.75) is 63.0 Å². The van der Waals surface area contributed by atoms with Crippen LogP contribution in [0.3, 0.4) is 0 Å². The van der Waals surface area contributed by atoms with Crippen LogP contribution in [-0.4, -0.2) is 68.6 Å². The molecule has 2 saturated heterocycles. The van der Waals surface area contributed by atoms with E-state index in [0.29, 0.717) is 43.6 Å². The smallest absolute Gasteiger partial charge is 0.317 e. The lowest BCUT2D eigenvalue weighted by atomic mass is 9.74. The van der Waals surface area contributed by atoms with Gasteiger partial charge in [0.2, 0.25) is 0 Å². The number of ether oxygens (including phenoxy) is 2. The second-order valence-electron chi connectivity index (χ2n) is 9.91. The molecule has 2 aliphatic heterocycles. The summed E-state index contributed by atoms with van der Waals surface area (Å²) >= 11 is 6.27. The van der Waals surface area contributed by atoms with Crippen molar-refractivity contribution in [1.82, 2.24) is 10.2 Å². The Labute approximate surface area is 209 Å². The van der Waals surface area contributed by atoms with Gasteiger partial charge in [0.25, 0.3) is 0 Å². The third-order valence-electron chi connectivity index (χ3n) is 7.36. The number of carbonyl (C=O) groups is 1. The molecule has 34 heavy (non-hydrogen) atoms. The number of unbranched alkanes of at least 4 members (excludes halogenated alkanes) is 1. The van der Waals surface area contributed by atoms with Gasteiger partial charge in [-0.05, 0) is 75.0 Å². The van der Waals surface area contributed by atoms with Crippen molar-refractivity contribution in [1.29, 1.82) is 0 Å². The van der Waals surface area contributed by atoms with Crippen LogP contribution in [0.1, 0.15) is 56.9 Å². The largest absolute Gasteiger partial charge is 0.385 e. The maximum absolute atomic E-state index is 13.0. The number of piperidine rings is 1. The molecule has 0 saturated carbocycles.